The summed E-state index contributed by atoms with van der Waals surface area (Å²) in [6, 6.07) is 51.2. The summed E-state index contributed by atoms with van der Waals surface area (Å²) < 4.78 is 2.43. The first-order chi connectivity index (χ1) is 19.8. The molecule has 1 nitrogen and oxygen atoms in total. The molecule has 2 heterocycles. The van der Waals surface area contributed by atoms with E-state index in [0.717, 1.165) is 0 Å². The van der Waals surface area contributed by atoms with Crippen molar-refractivity contribution in [1.82, 2.24) is 4.57 Å². The quantitative estimate of drug-likeness (QED) is 0.217. The summed E-state index contributed by atoms with van der Waals surface area (Å²) >= 11 is 1.88. The Morgan fingerprint density at radius 3 is 2.08 bits per heavy atom. The summed E-state index contributed by atoms with van der Waals surface area (Å²) in [7, 11) is 0. The number of para-hydroxylation sites is 2. The SMILES string of the molecule is c1ccc(-n2c3ccccc3c3cc(-c4ccc5c(c4)-c4cccc6cccc(c46)S5)c4ccccc4c32)cc1. The highest BCUT2D eigenvalue weighted by Crippen LogP contribution is 2.49. The van der Waals surface area contributed by atoms with Gasteiger partial charge in [-0.15, -0.1) is 0 Å². The highest BCUT2D eigenvalue weighted by molar-refractivity contribution is 7.99. The van der Waals surface area contributed by atoms with E-state index in [-0.39, 0.29) is 0 Å². The van der Waals surface area contributed by atoms with E-state index in [9.17, 15) is 0 Å². The summed E-state index contributed by atoms with van der Waals surface area (Å²) in [5.41, 5.74) is 8.86. The average molecular weight is 526 g/mol. The van der Waals surface area contributed by atoms with Crippen LogP contribution >= 0.6 is 11.8 Å². The molecule has 0 atom stereocenters. The van der Waals surface area contributed by atoms with Gasteiger partial charge in [0, 0.05) is 37.0 Å². The smallest absolute Gasteiger partial charge is 0.0619 e. The van der Waals surface area contributed by atoms with Gasteiger partial charge in [0.15, 0.2) is 0 Å². The molecule has 0 fully saturated rings. The van der Waals surface area contributed by atoms with Crippen LogP contribution < -0.4 is 0 Å². The van der Waals surface area contributed by atoms with Crippen LogP contribution in [-0.2, 0) is 0 Å². The molecule has 0 spiro atoms. The molecule has 0 saturated heterocycles. The maximum absolute atomic E-state index is 2.43. The lowest BCUT2D eigenvalue weighted by Crippen LogP contribution is -1.95. The van der Waals surface area contributed by atoms with Gasteiger partial charge in [-0.1, -0.05) is 109 Å². The minimum atomic E-state index is 1.18. The standard InChI is InChI=1S/C38H23NS/c1-2-12-26(13-3-1)39-34-18-7-6-15-28(34)33-23-31(27-14-4-5-16-30(27)38(33)39)25-20-21-35-32(22-25)29-17-8-10-24-11-9-19-36(40-35)37(24)29/h1-23H. The summed E-state index contributed by atoms with van der Waals surface area (Å²) in [4.78, 5) is 2.66. The van der Waals surface area contributed by atoms with Crippen LogP contribution in [0.4, 0.5) is 0 Å². The molecule has 8 aromatic rings. The van der Waals surface area contributed by atoms with Gasteiger partial charge in [0.25, 0.3) is 0 Å². The summed E-state index contributed by atoms with van der Waals surface area (Å²) in [6.07, 6.45) is 0. The Morgan fingerprint density at radius 2 is 1.20 bits per heavy atom. The van der Waals surface area contributed by atoms with E-state index in [4.69, 9.17) is 0 Å². The minimum Gasteiger partial charge on any atom is -0.309 e. The normalized spacial score (nSPS) is 12.4. The number of hydrogen-bond acceptors (Lipinski definition) is 1. The van der Waals surface area contributed by atoms with Gasteiger partial charge in [0.05, 0.1) is 11.0 Å². The largest absolute Gasteiger partial charge is 0.309 e. The predicted octanol–water partition coefficient (Wildman–Crippen LogP) is 10.9. The van der Waals surface area contributed by atoms with Crippen LogP contribution in [0.2, 0.25) is 0 Å². The van der Waals surface area contributed by atoms with E-state index >= 15 is 0 Å². The number of fused-ring (bicyclic) bond motifs is 7. The highest BCUT2D eigenvalue weighted by atomic mass is 32.2. The molecular formula is C38H23NS. The molecule has 9 rings (SSSR count). The van der Waals surface area contributed by atoms with E-state index in [1.54, 1.807) is 0 Å². The second-order valence-corrected chi connectivity index (χ2v) is 11.6. The molecule has 0 aliphatic carbocycles. The van der Waals surface area contributed by atoms with Crippen molar-refractivity contribution >= 4 is 55.1 Å². The molecule has 1 aliphatic heterocycles. The third kappa shape index (κ3) is 3.05. The van der Waals surface area contributed by atoms with Crippen molar-refractivity contribution in [2.24, 2.45) is 0 Å². The van der Waals surface area contributed by atoms with Gasteiger partial charge in [-0.2, -0.15) is 0 Å². The van der Waals surface area contributed by atoms with E-state index in [1.165, 1.54) is 81.1 Å². The van der Waals surface area contributed by atoms with Crippen LogP contribution in [0.25, 0.3) is 71.3 Å². The Morgan fingerprint density at radius 1 is 0.450 bits per heavy atom. The van der Waals surface area contributed by atoms with Crippen LogP contribution in [0.1, 0.15) is 0 Å². The van der Waals surface area contributed by atoms with Crippen LogP contribution in [-0.4, -0.2) is 4.57 Å². The monoisotopic (exact) mass is 525 g/mol. The first-order valence-electron chi connectivity index (χ1n) is 13.7. The molecule has 1 aliphatic rings. The van der Waals surface area contributed by atoms with E-state index < -0.39 is 0 Å². The van der Waals surface area contributed by atoms with Gasteiger partial charge in [0.1, 0.15) is 0 Å². The summed E-state index contributed by atoms with van der Waals surface area (Å²) in [5, 5.41) is 7.78. The van der Waals surface area contributed by atoms with Gasteiger partial charge in [-0.3, -0.25) is 0 Å². The molecule has 0 N–H and O–H groups in total. The van der Waals surface area contributed by atoms with E-state index in [0.29, 0.717) is 0 Å². The van der Waals surface area contributed by atoms with Gasteiger partial charge in [-0.05, 0) is 75.5 Å². The lowest BCUT2D eigenvalue weighted by molar-refractivity contribution is 1.19. The number of nitrogens with zero attached hydrogens (tertiary/aromatic N) is 1. The van der Waals surface area contributed by atoms with Crippen LogP contribution in [0.3, 0.4) is 0 Å². The maximum atomic E-state index is 2.43. The molecular weight excluding hydrogens is 502 g/mol. The second-order valence-electron chi connectivity index (χ2n) is 10.5. The van der Waals surface area contributed by atoms with Crippen molar-refractivity contribution < 1.29 is 0 Å². The Balaban J connectivity index is 1.37. The minimum absolute atomic E-state index is 1.18. The van der Waals surface area contributed by atoms with Crippen LogP contribution in [0, 0.1) is 0 Å². The highest BCUT2D eigenvalue weighted by Gasteiger charge is 2.21. The second kappa shape index (κ2) is 8.35. The van der Waals surface area contributed by atoms with Crippen molar-refractivity contribution in [3.8, 4) is 27.9 Å². The number of hydrogen-bond donors (Lipinski definition) is 0. The zero-order valence-electron chi connectivity index (χ0n) is 21.6. The lowest BCUT2D eigenvalue weighted by atomic mass is 9.91. The molecule has 0 bridgehead atoms. The Kier molecular flexibility index (Phi) is 4.61. The first-order valence-corrected chi connectivity index (χ1v) is 14.5. The van der Waals surface area contributed by atoms with Crippen LogP contribution in [0.15, 0.2) is 149 Å². The number of aromatic nitrogens is 1. The average Bonchev–Trinajstić information content (AvgIpc) is 3.36. The zero-order chi connectivity index (χ0) is 26.2. The van der Waals surface area contributed by atoms with Crippen LogP contribution in [0.5, 0.6) is 0 Å². The number of benzene rings is 7. The molecule has 0 amide bonds. The molecule has 7 aromatic carbocycles. The summed E-state index contributed by atoms with van der Waals surface area (Å²) in [6.45, 7) is 0. The maximum Gasteiger partial charge on any atom is 0.0619 e. The Labute approximate surface area is 236 Å². The van der Waals surface area contributed by atoms with Crippen molar-refractivity contribution in [1.29, 1.82) is 0 Å². The Hall–Kier alpha value is -4.79. The van der Waals surface area contributed by atoms with Gasteiger partial charge in [-0.25, -0.2) is 0 Å². The molecule has 0 unspecified atom stereocenters. The fourth-order valence-corrected chi connectivity index (χ4v) is 7.77. The van der Waals surface area contributed by atoms with Crippen molar-refractivity contribution in [2.75, 3.05) is 0 Å². The topological polar surface area (TPSA) is 4.93 Å². The lowest BCUT2D eigenvalue weighted by Gasteiger charge is -2.21. The molecule has 0 radical (unpaired) electrons. The third-order valence-electron chi connectivity index (χ3n) is 8.36. The van der Waals surface area contributed by atoms with Gasteiger partial charge >= 0.3 is 0 Å². The van der Waals surface area contributed by atoms with Crippen molar-refractivity contribution in [3.63, 3.8) is 0 Å². The fourth-order valence-electron chi connectivity index (χ4n) is 6.64. The summed E-state index contributed by atoms with van der Waals surface area (Å²) in [5.74, 6) is 0. The molecule has 0 saturated carbocycles. The van der Waals surface area contributed by atoms with E-state index in [1.807, 2.05) is 11.8 Å². The third-order valence-corrected chi connectivity index (χ3v) is 9.49. The fraction of sp³-hybridized carbons (Fsp3) is 0. The predicted molar refractivity (Wildman–Crippen MR) is 171 cm³/mol. The van der Waals surface area contributed by atoms with Crippen molar-refractivity contribution in [3.05, 3.63) is 140 Å². The molecule has 2 heteroatoms. The molecule has 186 valence electrons. The Bertz CT molecular complexity index is 2290. The zero-order valence-corrected chi connectivity index (χ0v) is 22.5. The van der Waals surface area contributed by atoms with Gasteiger partial charge in [0.2, 0.25) is 0 Å². The number of rotatable bonds is 2. The first kappa shape index (κ1) is 22.1. The molecule has 40 heavy (non-hydrogen) atoms. The van der Waals surface area contributed by atoms with E-state index in [2.05, 4.69) is 144 Å². The van der Waals surface area contributed by atoms with Crippen molar-refractivity contribution in [2.45, 2.75) is 9.79 Å². The van der Waals surface area contributed by atoms with Gasteiger partial charge < -0.3 is 4.57 Å². The molecule has 1 aromatic heterocycles.